The molecule has 4 aromatic rings. The van der Waals surface area contributed by atoms with Crippen LogP contribution in [0.15, 0.2) is 30.7 Å². The zero-order chi connectivity index (χ0) is 24.4. The van der Waals surface area contributed by atoms with Crippen LogP contribution in [0.1, 0.15) is 74.6 Å². The third-order valence-electron chi connectivity index (χ3n) is 8.64. The van der Waals surface area contributed by atoms with Crippen LogP contribution >= 0.6 is 0 Å². The molecule has 2 atom stereocenters. The van der Waals surface area contributed by atoms with Crippen LogP contribution in [0, 0.1) is 13.8 Å². The largest absolute Gasteiger partial charge is 0.378 e. The van der Waals surface area contributed by atoms with Crippen LogP contribution in [-0.4, -0.2) is 55.8 Å². The molecule has 0 radical (unpaired) electrons. The number of nitrogens with one attached hydrogen (secondary N) is 1. The Morgan fingerprint density at radius 1 is 1.06 bits per heavy atom. The van der Waals surface area contributed by atoms with Gasteiger partial charge in [-0.3, -0.25) is 9.30 Å². The summed E-state index contributed by atoms with van der Waals surface area (Å²) in [7, 11) is 0. The highest BCUT2D eigenvalue weighted by atomic mass is 16.5. The second-order valence-electron chi connectivity index (χ2n) is 11.2. The van der Waals surface area contributed by atoms with Gasteiger partial charge in [0.1, 0.15) is 6.33 Å². The minimum Gasteiger partial charge on any atom is -0.378 e. The van der Waals surface area contributed by atoms with Crippen molar-refractivity contribution in [3.8, 4) is 11.3 Å². The number of hydrogen-bond donors (Lipinski definition) is 1. The molecular formula is C29H37N5O. The van der Waals surface area contributed by atoms with E-state index in [1.165, 1.54) is 57.3 Å². The summed E-state index contributed by atoms with van der Waals surface area (Å²) in [6.45, 7) is 15.6. The number of likely N-dealkylation sites (tertiary alicyclic amines) is 1. The van der Waals surface area contributed by atoms with Gasteiger partial charge in [-0.25, -0.2) is 0 Å². The molecule has 1 aromatic carbocycles. The third-order valence-corrected chi connectivity index (χ3v) is 8.64. The Morgan fingerprint density at radius 3 is 2.46 bits per heavy atom. The van der Waals surface area contributed by atoms with E-state index in [0.29, 0.717) is 30.0 Å². The molecule has 6 rings (SSSR count). The van der Waals surface area contributed by atoms with Gasteiger partial charge in [0.15, 0.2) is 5.65 Å². The van der Waals surface area contributed by atoms with Crippen LogP contribution in [0.3, 0.4) is 0 Å². The van der Waals surface area contributed by atoms with Gasteiger partial charge in [0.2, 0.25) is 0 Å². The number of fused-ring (bicyclic) bond motifs is 2. The summed E-state index contributed by atoms with van der Waals surface area (Å²) in [6.07, 6.45) is 6.40. The van der Waals surface area contributed by atoms with Gasteiger partial charge < -0.3 is 9.72 Å². The van der Waals surface area contributed by atoms with E-state index in [0.717, 1.165) is 18.9 Å². The molecule has 2 saturated heterocycles. The number of piperidine rings is 1. The number of H-pyrrole nitrogens is 1. The number of hydrogen-bond acceptors (Lipinski definition) is 4. The molecule has 35 heavy (non-hydrogen) atoms. The Hall–Kier alpha value is -2.70. The lowest BCUT2D eigenvalue weighted by Crippen LogP contribution is -2.58. The molecule has 6 nitrogen and oxygen atoms in total. The second-order valence-corrected chi connectivity index (χ2v) is 11.2. The molecule has 2 fully saturated rings. The molecule has 2 aliphatic rings. The van der Waals surface area contributed by atoms with E-state index in [1.54, 1.807) is 6.33 Å². The van der Waals surface area contributed by atoms with E-state index in [1.807, 2.05) is 4.40 Å². The van der Waals surface area contributed by atoms with Crippen molar-refractivity contribution in [3.05, 3.63) is 53.0 Å². The molecule has 0 spiro atoms. The number of rotatable bonds is 4. The maximum absolute atomic E-state index is 5.50. The second kappa shape index (κ2) is 8.45. The Labute approximate surface area is 207 Å². The zero-order valence-corrected chi connectivity index (χ0v) is 21.8. The molecule has 0 saturated carbocycles. The van der Waals surface area contributed by atoms with Gasteiger partial charge in [-0.05, 0) is 86.8 Å². The Morgan fingerprint density at radius 2 is 1.80 bits per heavy atom. The third kappa shape index (κ3) is 3.61. The van der Waals surface area contributed by atoms with E-state index in [9.17, 15) is 0 Å². The van der Waals surface area contributed by atoms with Gasteiger partial charge in [-0.15, -0.1) is 10.2 Å². The number of pyridine rings is 1. The first kappa shape index (κ1) is 22.7. The van der Waals surface area contributed by atoms with Gasteiger partial charge in [0, 0.05) is 34.7 Å². The zero-order valence-electron chi connectivity index (χ0n) is 21.8. The number of benzene rings is 1. The average molecular weight is 472 g/mol. The van der Waals surface area contributed by atoms with Crippen molar-refractivity contribution in [1.82, 2.24) is 24.5 Å². The normalized spacial score (nSPS) is 24.0. The van der Waals surface area contributed by atoms with Gasteiger partial charge in [0.05, 0.1) is 24.9 Å². The molecule has 5 heterocycles. The average Bonchev–Trinajstić information content (AvgIpc) is 3.41. The maximum atomic E-state index is 5.50. The summed E-state index contributed by atoms with van der Waals surface area (Å²) in [6, 6.07) is 8.93. The van der Waals surface area contributed by atoms with Gasteiger partial charge in [-0.2, -0.15) is 0 Å². The first-order valence-electron chi connectivity index (χ1n) is 13.1. The summed E-state index contributed by atoms with van der Waals surface area (Å²) in [5.74, 6) is 1.00. The smallest absolute Gasteiger partial charge is 0.163 e. The van der Waals surface area contributed by atoms with Crippen molar-refractivity contribution in [2.24, 2.45) is 0 Å². The Bertz CT molecular complexity index is 1380. The minimum atomic E-state index is 0.406. The van der Waals surface area contributed by atoms with Crippen molar-refractivity contribution in [2.75, 3.05) is 13.2 Å². The lowest BCUT2D eigenvalue weighted by molar-refractivity contribution is -0.103. The molecule has 0 bridgehead atoms. The van der Waals surface area contributed by atoms with Crippen LogP contribution in [-0.2, 0) is 4.74 Å². The van der Waals surface area contributed by atoms with E-state index < -0.39 is 0 Å². The van der Waals surface area contributed by atoms with Crippen molar-refractivity contribution in [3.63, 3.8) is 0 Å². The SMILES string of the molecule is Cc1c(-c2[nH]c3ccc(C4CC(C)N(C5COC5)C(C)C4)cc3c2C(C)C)cn2cnnc2c1C. The Balaban J connectivity index is 1.41. The van der Waals surface area contributed by atoms with Crippen LogP contribution in [0.25, 0.3) is 27.8 Å². The molecule has 6 heteroatoms. The van der Waals surface area contributed by atoms with Gasteiger partial charge >= 0.3 is 0 Å². The predicted octanol–water partition coefficient (Wildman–Crippen LogP) is 5.97. The highest BCUT2D eigenvalue weighted by Gasteiger charge is 2.38. The van der Waals surface area contributed by atoms with Crippen molar-refractivity contribution in [1.29, 1.82) is 0 Å². The number of aromatic amines is 1. The number of aryl methyl sites for hydroxylation is 1. The van der Waals surface area contributed by atoms with Gasteiger partial charge in [0.25, 0.3) is 0 Å². The molecule has 1 N–H and O–H groups in total. The van der Waals surface area contributed by atoms with E-state index in [2.05, 4.69) is 86.0 Å². The van der Waals surface area contributed by atoms with Crippen LogP contribution in [0.5, 0.6) is 0 Å². The molecule has 0 amide bonds. The minimum absolute atomic E-state index is 0.406. The van der Waals surface area contributed by atoms with Crippen molar-refractivity contribution >= 4 is 16.6 Å². The number of nitrogens with zero attached hydrogens (tertiary/aromatic N) is 4. The lowest BCUT2D eigenvalue weighted by Gasteiger charge is -2.49. The number of aromatic nitrogens is 4. The molecule has 184 valence electrons. The van der Waals surface area contributed by atoms with Gasteiger partial charge in [-0.1, -0.05) is 19.9 Å². The summed E-state index contributed by atoms with van der Waals surface area (Å²) < 4.78 is 7.54. The van der Waals surface area contributed by atoms with Crippen LogP contribution in [0.4, 0.5) is 0 Å². The molecule has 2 unspecified atom stereocenters. The molecular weight excluding hydrogens is 434 g/mol. The lowest BCUT2D eigenvalue weighted by atomic mass is 9.80. The standard InChI is InChI=1S/C29H37N5O/c1-16(2)27-24-11-21(22-9-17(3)34(18(4)10-22)23-13-35-14-23)7-8-26(24)31-28(27)25-12-33-15-30-32-29(33)20(6)19(25)5/h7-8,11-12,15-18,22-23,31H,9-10,13-14H2,1-6H3. The van der Waals surface area contributed by atoms with Crippen molar-refractivity contribution < 1.29 is 4.74 Å². The van der Waals surface area contributed by atoms with Crippen LogP contribution in [0.2, 0.25) is 0 Å². The predicted molar refractivity (Wildman–Crippen MR) is 141 cm³/mol. The molecule has 0 aliphatic carbocycles. The van der Waals surface area contributed by atoms with Crippen LogP contribution < -0.4 is 0 Å². The molecule has 2 aliphatic heterocycles. The summed E-state index contributed by atoms with van der Waals surface area (Å²) >= 11 is 0. The highest BCUT2D eigenvalue weighted by molar-refractivity contribution is 5.92. The first-order chi connectivity index (χ1) is 16.8. The number of ether oxygens (including phenoxy) is 1. The fourth-order valence-corrected chi connectivity index (χ4v) is 6.74. The summed E-state index contributed by atoms with van der Waals surface area (Å²) in [4.78, 5) is 6.50. The molecule has 3 aromatic heterocycles. The highest BCUT2D eigenvalue weighted by Crippen LogP contribution is 2.42. The summed E-state index contributed by atoms with van der Waals surface area (Å²) in [5.41, 5.74) is 9.93. The quantitative estimate of drug-likeness (QED) is 0.398. The maximum Gasteiger partial charge on any atom is 0.163 e. The first-order valence-corrected chi connectivity index (χ1v) is 13.1. The summed E-state index contributed by atoms with van der Waals surface area (Å²) in [5, 5.41) is 9.80. The van der Waals surface area contributed by atoms with Crippen molar-refractivity contribution in [2.45, 2.75) is 84.3 Å². The Kier molecular flexibility index (Phi) is 5.49. The fourth-order valence-electron chi connectivity index (χ4n) is 6.74. The topological polar surface area (TPSA) is 58.5 Å². The van der Waals surface area contributed by atoms with E-state index in [-0.39, 0.29) is 0 Å². The monoisotopic (exact) mass is 471 g/mol. The van der Waals surface area contributed by atoms with E-state index in [4.69, 9.17) is 4.74 Å². The van der Waals surface area contributed by atoms with E-state index >= 15 is 0 Å². The fraction of sp³-hybridized carbons (Fsp3) is 0.517.